The Morgan fingerprint density at radius 2 is 0.851 bits per heavy atom. The molecule has 0 atom stereocenters. The van der Waals surface area contributed by atoms with Crippen LogP contribution < -0.4 is 26.2 Å². The lowest BCUT2D eigenvalue weighted by molar-refractivity contribution is 0.590. The van der Waals surface area contributed by atoms with Crippen LogP contribution in [0.5, 0.6) is 0 Å². The summed E-state index contributed by atoms with van der Waals surface area (Å²) >= 11 is 0. The average molecular weight is 873 g/mol. The van der Waals surface area contributed by atoms with Gasteiger partial charge in [-0.15, -0.1) is 0 Å². The molecule has 0 unspecified atom stereocenters. The van der Waals surface area contributed by atoms with Crippen molar-refractivity contribution < 1.29 is 0 Å². The second kappa shape index (κ2) is 15.1. The fourth-order valence-corrected chi connectivity index (χ4v) is 11.2. The average Bonchev–Trinajstić information content (AvgIpc) is 3.29. The highest BCUT2D eigenvalue weighted by Gasteiger charge is 2.45. The number of anilines is 6. The van der Waals surface area contributed by atoms with Gasteiger partial charge in [0, 0.05) is 34.0 Å². The van der Waals surface area contributed by atoms with Gasteiger partial charge in [-0.1, -0.05) is 175 Å². The van der Waals surface area contributed by atoms with Gasteiger partial charge in [0.05, 0.1) is 5.69 Å². The molecule has 67 heavy (non-hydrogen) atoms. The summed E-state index contributed by atoms with van der Waals surface area (Å²) < 4.78 is 0. The number of nitrogens with zero attached hydrogens (tertiary/aromatic N) is 2. The van der Waals surface area contributed by atoms with Crippen molar-refractivity contribution in [2.24, 2.45) is 0 Å². The van der Waals surface area contributed by atoms with Crippen molar-refractivity contribution in [3.63, 3.8) is 0 Å². The van der Waals surface area contributed by atoms with E-state index in [4.69, 9.17) is 0 Å². The van der Waals surface area contributed by atoms with Crippen LogP contribution in [0.15, 0.2) is 146 Å². The Kier molecular flexibility index (Phi) is 9.75. The summed E-state index contributed by atoms with van der Waals surface area (Å²) in [6.45, 7) is 30.4. The summed E-state index contributed by atoms with van der Waals surface area (Å²) in [4.78, 5) is 5.25. The summed E-state index contributed by atoms with van der Waals surface area (Å²) in [5.41, 5.74) is 20.7. The molecule has 0 amide bonds. The van der Waals surface area contributed by atoms with Gasteiger partial charge >= 0.3 is 0 Å². The molecule has 0 spiro atoms. The summed E-state index contributed by atoms with van der Waals surface area (Å²) in [5, 5.41) is 7.86. The Labute approximate surface area is 400 Å². The molecule has 9 aromatic rings. The van der Waals surface area contributed by atoms with Crippen molar-refractivity contribution in [1.82, 2.24) is 0 Å². The zero-order valence-corrected chi connectivity index (χ0v) is 42.0. The summed E-state index contributed by atoms with van der Waals surface area (Å²) in [7, 11) is 0. The Morgan fingerprint density at radius 1 is 0.388 bits per heavy atom. The third-order valence-electron chi connectivity index (χ3n) is 15.2. The molecule has 0 saturated heterocycles. The Hall–Kier alpha value is -6.32. The maximum atomic E-state index is 2.66. The first-order valence-corrected chi connectivity index (χ1v) is 24.8. The van der Waals surface area contributed by atoms with E-state index in [0.29, 0.717) is 11.8 Å². The van der Waals surface area contributed by atoms with Crippen molar-refractivity contribution in [2.75, 3.05) is 9.80 Å². The van der Waals surface area contributed by atoms with Gasteiger partial charge in [0.1, 0.15) is 0 Å². The first kappa shape index (κ1) is 43.3. The zero-order chi connectivity index (χ0) is 47.1. The molecule has 2 aliphatic heterocycles. The molecule has 2 nitrogen and oxygen atoms in total. The molecule has 0 bridgehead atoms. The lowest BCUT2D eigenvalue weighted by atomic mass is 9.33. The molecule has 0 aliphatic carbocycles. The van der Waals surface area contributed by atoms with E-state index < -0.39 is 0 Å². The van der Waals surface area contributed by atoms with Gasteiger partial charge in [0.15, 0.2) is 0 Å². The normalized spacial score (nSPS) is 13.9. The molecule has 0 N–H and O–H groups in total. The van der Waals surface area contributed by atoms with E-state index >= 15 is 0 Å². The SMILES string of the molecule is CC(C)c1ccc2c(c1)B1c3cc(C(C)C)ccc3N(c3ccc(C(C)(C)C)cc3-c3cc4ccc5cccc6ccc(c3)c4c56)c3cc(C(C)(C)C)cc(c31)N2c1ccc(C(C)(C)C)cc1. The van der Waals surface area contributed by atoms with E-state index in [-0.39, 0.29) is 23.0 Å². The van der Waals surface area contributed by atoms with Crippen LogP contribution in [-0.2, 0) is 16.2 Å². The molecule has 0 radical (unpaired) electrons. The molecule has 2 aliphatic rings. The van der Waals surface area contributed by atoms with Gasteiger partial charge in [-0.25, -0.2) is 0 Å². The van der Waals surface area contributed by atoms with E-state index in [1.807, 2.05) is 0 Å². The minimum atomic E-state index is -0.119. The Morgan fingerprint density at radius 3 is 1.37 bits per heavy atom. The van der Waals surface area contributed by atoms with Crippen LogP contribution in [0, 0.1) is 0 Å². The Balaban J connectivity index is 1.25. The van der Waals surface area contributed by atoms with Gasteiger partial charge in [0.2, 0.25) is 0 Å². The molecule has 11 rings (SSSR count). The first-order valence-electron chi connectivity index (χ1n) is 24.8. The zero-order valence-electron chi connectivity index (χ0n) is 42.0. The van der Waals surface area contributed by atoms with Gasteiger partial charge < -0.3 is 9.80 Å². The van der Waals surface area contributed by atoms with Gasteiger partial charge in [-0.05, 0) is 171 Å². The standard InChI is InChI=1S/C64H65BN2/c1-38(2)42-21-28-55-52(33-42)65-53-34-43(39(3)4)22-29-56(53)67(58-37-49(64(11,12)13)36-57(61(58)65)66(55)50-26-23-47(24-27-50)62(5,6)7)54-30-25-48(63(8,9)10)35-51(54)46-31-44-19-17-40-15-14-16-41-18-20-45(32-46)60(44)59(40)41/h14-39H,1-13H3. The van der Waals surface area contributed by atoms with Crippen molar-refractivity contribution in [1.29, 1.82) is 0 Å². The quantitative estimate of drug-likeness (QED) is 0.126. The molecule has 2 heterocycles. The molecule has 0 fully saturated rings. The van der Waals surface area contributed by atoms with Gasteiger partial charge in [-0.2, -0.15) is 0 Å². The van der Waals surface area contributed by atoms with Crippen molar-refractivity contribution in [3.05, 3.63) is 173 Å². The molecular formula is C64H65BN2. The molecular weight excluding hydrogens is 808 g/mol. The van der Waals surface area contributed by atoms with Crippen molar-refractivity contribution in [3.8, 4) is 11.1 Å². The third kappa shape index (κ3) is 6.98. The van der Waals surface area contributed by atoms with Crippen LogP contribution in [0.25, 0.3) is 43.4 Å². The van der Waals surface area contributed by atoms with E-state index in [1.165, 1.54) is 122 Å². The number of rotatable bonds is 5. The smallest absolute Gasteiger partial charge is 0.252 e. The van der Waals surface area contributed by atoms with Crippen molar-refractivity contribution in [2.45, 2.75) is 118 Å². The second-order valence-electron chi connectivity index (χ2n) is 23.5. The maximum absolute atomic E-state index is 2.66. The lowest BCUT2D eigenvalue weighted by Gasteiger charge is -2.46. The number of hydrogen-bond acceptors (Lipinski definition) is 2. The van der Waals surface area contributed by atoms with Gasteiger partial charge in [-0.3, -0.25) is 0 Å². The van der Waals surface area contributed by atoms with Crippen LogP contribution >= 0.6 is 0 Å². The van der Waals surface area contributed by atoms with Crippen LogP contribution in [0.1, 0.15) is 130 Å². The fraction of sp³-hybridized carbons (Fsp3) is 0.281. The Bertz CT molecular complexity index is 3360. The van der Waals surface area contributed by atoms with E-state index in [0.717, 1.165) is 0 Å². The summed E-state index contributed by atoms with van der Waals surface area (Å²) in [6, 6.07) is 57.5. The van der Waals surface area contributed by atoms with Crippen molar-refractivity contribution >= 4 is 89.5 Å². The molecule has 0 aromatic heterocycles. The predicted molar refractivity (Wildman–Crippen MR) is 294 cm³/mol. The number of hydrogen-bond donors (Lipinski definition) is 0. The van der Waals surface area contributed by atoms with E-state index in [9.17, 15) is 0 Å². The van der Waals surface area contributed by atoms with Crippen LogP contribution in [-0.4, -0.2) is 6.71 Å². The van der Waals surface area contributed by atoms with E-state index in [2.05, 4.69) is 245 Å². The van der Waals surface area contributed by atoms with Crippen LogP contribution in [0.2, 0.25) is 0 Å². The van der Waals surface area contributed by atoms with E-state index in [1.54, 1.807) is 0 Å². The van der Waals surface area contributed by atoms with Gasteiger partial charge in [0.25, 0.3) is 6.71 Å². The highest BCUT2D eigenvalue weighted by molar-refractivity contribution is 7.00. The topological polar surface area (TPSA) is 6.48 Å². The first-order chi connectivity index (χ1) is 31.8. The molecule has 3 heteroatoms. The second-order valence-corrected chi connectivity index (χ2v) is 23.5. The summed E-state index contributed by atoms with van der Waals surface area (Å²) in [5.74, 6) is 0.776. The number of fused-ring (bicyclic) bond motifs is 4. The minimum absolute atomic E-state index is 0.0396. The minimum Gasteiger partial charge on any atom is -0.311 e. The van der Waals surface area contributed by atoms with Crippen LogP contribution in [0.3, 0.4) is 0 Å². The molecule has 334 valence electrons. The summed E-state index contributed by atoms with van der Waals surface area (Å²) in [6.07, 6.45) is 0. The molecule has 9 aromatic carbocycles. The number of benzene rings is 9. The highest BCUT2D eigenvalue weighted by atomic mass is 15.2. The maximum Gasteiger partial charge on any atom is 0.252 e. The molecule has 0 saturated carbocycles. The fourth-order valence-electron chi connectivity index (χ4n) is 11.2. The third-order valence-corrected chi connectivity index (χ3v) is 15.2. The van der Waals surface area contributed by atoms with Crippen LogP contribution in [0.4, 0.5) is 34.1 Å². The lowest BCUT2D eigenvalue weighted by Crippen LogP contribution is -2.61. The monoisotopic (exact) mass is 873 g/mol. The predicted octanol–water partition coefficient (Wildman–Crippen LogP) is 16.5. The highest BCUT2D eigenvalue weighted by Crippen LogP contribution is 2.50. The largest absolute Gasteiger partial charge is 0.311 e.